The fourth-order valence-electron chi connectivity index (χ4n) is 0.157. The van der Waals surface area contributed by atoms with Gasteiger partial charge in [-0.25, -0.2) is 0 Å². The number of hydrogen-bond acceptors (Lipinski definition) is 1. The van der Waals surface area contributed by atoms with Gasteiger partial charge < -0.3 is 10.9 Å². The zero-order valence-electron chi connectivity index (χ0n) is 4.21. The molecule has 0 aliphatic carbocycles. The Morgan fingerprint density at radius 1 is 1.71 bits per heavy atom. The van der Waals surface area contributed by atoms with Gasteiger partial charge in [-0.3, -0.25) is 4.79 Å². The van der Waals surface area contributed by atoms with E-state index < -0.39 is 0 Å². The Balaban J connectivity index is 0. The van der Waals surface area contributed by atoms with Crippen LogP contribution in [0.25, 0.3) is 5.43 Å². The third-order valence-electron chi connectivity index (χ3n) is 0.269. The first-order valence-corrected chi connectivity index (χ1v) is 1.62. The van der Waals surface area contributed by atoms with Crippen molar-refractivity contribution in [3.63, 3.8) is 0 Å². The predicted molar refractivity (Wildman–Crippen MR) is 23.1 cm³/mol. The summed E-state index contributed by atoms with van der Waals surface area (Å²) in [6.07, 6.45) is 0. The molecule has 0 aromatic carbocycles. The molecule has 43 valence electrons. The van der Waals surface area contributed by atoms with Gasteiger partial charge in [-0.05, 0) is 0 Å². The molecule has 3 nitrogen and oxygen atoms in total. The van der Waals surface area contributed by atoms with E-state index in [1.54, 1.807) is 0 Å². The smallest absolute Gasteiger partial charge is 0.571 e. The summed E-state index contributed by atoms with van der Waals surface area (Å²) in [7, 11) is 1.52. The summed E-state index contributed by atoms with van der Waals surface area (Å²) in [6.45, 7) is 1.41. The van der Waals surface area contributed by atoms with Crippen molar-refractivity contribution < 1.29 is 24.3 Å². The zero-order valence-corrected chi connectivity index (χ0v) is 5.95. The maximum absolute atomic E-state index is 9.84. The van der Waals surface area contributed by atoms with Gasteiger partial charge in [-0.1, -0.05) is 0 Å². The first kappa shape index (κ1) is 10.1. The number of carbonyl (C=O) groups is 1. The van der Waals surface area contributed by atoms with Gasteiger partial charge in [0, 0.05) is 6.92 Å². The van der Waals surface area contributed by atoms with E-state index in [9.17, 15) is 4.79 Å². The van der Waals surface area contributed by atoms with Gasteiger partial charge in [0.05, 0.1) is 0 Å². The molecule has 0 atom stereocenters. The second-order valence-corrected chi connectivity index (χ2v) is 0.892. The average Bonchev–Trinajstić information content (AvgIpc) is 1.35. The SMILES string of the molecule is C[N-]NC(C)=O.[Ru+]. The zero-order chi connectivity index (χ0) is 4.99. The number of nitrogens with zero attached hydrogens (tertiary/aromatic N) is 1. The van der Waals surface area contributed by atoms with E-state index in [1.807, 2.05) is 0 Å². The third-order valence-corrected chi connectivity index (χ3v) is 0.269. The van der Waals surface area contributed by atoms with E-state index in [4.69, 9.17) is 0 Å². The fraction of sp³-hybridized carbons (Fsp3) is 0.667. The van der Waals surface area contributed by atoms with Crippen LogP contribution in [0.1, 0.15) is 6.92 Å². The van der Waals surface area contributed by atoms with Crippen LogP contribution in [-0.2, 0) is 24.3 Å². The summed E-state index contributed by atoms with van der Waals surface area (Å²) >= 11 is 0. The maximum Gasteiger partial charge on any atom is 1.00 e. The Kier molecular flexibility index (Phi) is 8.75. The standard InChI is InChI=1S/C3H7N2O.Ru/c1-3(6)5-4-2;/h1-2H3,(H,5,6);/q-1;+1. The molecule has 0 bridgehead atoms. The topological polar surface area (TPSA) is 43.2 Å². The second-order valence-electron chi connectivity index (χ2n) is 0.892. The van der Waals surface area contributed by atoms with Gasteiger partial charge in [0.2, 0.25) is 0 Å². The van der Waals surface area contributed by atoms with Gasteiger partial charge in [0.15, 0.2) is 5.91 Å². The molecule has 1 radical (unpaired) electrons. The van der Waals surface area contributed by atoms with Crippen LogP contribution in [0.5, 0.6) is 0 Å². The van der Waals surface area contributed by atoms with E-state index >= 15 is 0 Å². The Bertz CT molecular complexity index is 56.9. The molecule has 0 fully saturated rings. The molecule has 0 aromatic rings. The van der Waals surface area contributed by atoms with Crippen molar-refractivity contribution in [1.29, 1.82) is 0 Å². The molecule has 0 aromatic heterocycles. The Morgan fingerprint density at radius 2 is 2.14 bits per heavy atom. The minimum atomic E-state index is -0.127. The van der Waals surface area contributed by atoms with Crippen LogP contribution in [-0.4, -0.2) is 13.0 Å². The molecule has 0 saturated heterocycles. The van der Waals surface area contributed by atoms with Crippen LogP contribution in [0.4, 0.5) is 0 Å². The Morgan fingerprint density at radius 3 is 2.14 bits per heavy atom. The number of carbonyl (C=O) groups excluding carboxylic acids is 1. The van der Waals surface area contributed by atoms with Crippen molar-refractivity contribution in [2.45, 2.75) is 6.92 Å². The molecule has 1 N–H and O–H groups in total. The van der Waals surface area contributed by atoms with Crippen molar-refractivity contribution in [2.75, 3.05) is 7.05 Å². The second kappa shape index (κ2) is 6.05. The maximum atomic E-state index is 9.84. The van der Waals surface area contributed by atoms with Gasteiger partial charge in [-0.2, -0.15) is 0 Å². The average molecular weight is 188 g/mol. The van der Waals surface area contributed by atoms with Crippen LogP contribution in [0.15, 0.2) is 0 Å². The molecule has 0 heterocycles. The molecular weight excluding hydrogens is 181 g/mol. The summed E-state index contributed by atoms with van der Waals surface area (Å²) < 4.78 is 0. The van der Waals surface area contributed by atoms with Crippen molar-refractivity contribution >= 4 is 5.91 Å². The molecular formula is C3H7N2ORu. The summed E-state index contributed by atoms with van der Waals surface area (Å²) in [4.78, 5) is 9.84. The van der Waals surface area contributed by atoms with E-state index in [2.05, 4.69) is 10.9 Å². The minimum absolute atomic E-state index is 0. The molecule has 0 spiro atoms. The van der Waals surface area contributed by atoms with Crippen molar-refractivity contribution in [2.24, 2.45) is 0 Å². The van der Waals surface area contributed by atoms with Crippen LogP contribution in [0.2, 0.25) is 0 Å². The van der Waals surface area contributed by atoms with Crippen molar-refractivity contribution in [3.05, 3.63) is 5.43 Å². The monoisotopic (exact) mass is 189 g/mol. The number of hydrogen-bond donors (Lipinski definition) is 1. The van der Waals surface area contributed by atoms with Gasteiger partial charge in [0.1, 0.15) is 0 Å². The fourth-order valence-corrected chi connectivity index (χ4v) is 0.157. The van der Waals surface area contributed by atoms with Gasteiger partial charge in [-0.15, -0.1) is 7.05 Å². The quantitative estimate of drug-likeness (QED) is 0.458. The normalized spacial score (nSPS) is 6.57. The molecule has 7 heavy (non-hydrogen) atoms. The van der Waals surface area contributed by atoms with Crippen LogP contribution < -0.4 is 5.43 Å². The first-order chi connectivity index (χ1) is 2.77. The van der Waals surface area contributed by atoms with Crippen molar-refractivity contribution in [3.8, 4) is 0 Å². The van der Waals surface area contributed by atoms with Crippen LogP contribution in [0, 0.1) is 0 Å². The molecule has 0 aliphatic rings. The summed E-state index contributed by atoms with van der Waals surface area (Å²) in [5.74, 6) is -0.127. The summed E-state index contributed by atoms with van der Waals surface area (Å²) in [5, 5.41) is 0. The van der Waals surface area contributed by atoms with Crippen LogP contribution in [0.3, 0.4) is 0 Å². The number of rotatable bonds is 1. The summed E-state index contributed by atoms with van der Waals surface area (Å²) in [5.41, 5.74) is 5.53. The number of amides is 1. The Hall–Kier alpha value is 0.0534. The van der Waals surface area contributed by atoms with Crippen LogP contribution >= 0.6 is 0 Å². The molecule has 0 aliphatic heterocycles. The van der Waals surface area contributed by atoms with Crippen molar-refractivity contribution in [1.82, 2.24) is 5.43 Å². The first-order valence-electron chi connectivity index (χ1n) is 1.62. The molecule has 0 saturated carbocycles. The van der Waals surface area contributed by atoms with E-state index in [0.717, 1.165) is 0 Å². The molecule has 0 rings (SSSR count). The molecule has 0 unspecified atom stereocenters. The minimum Gasteiger partial charge on any atom is -0.571 e. The largest absolute Gasteiger partial charge is 1.00 e. The number of nitrogens with one attached hydrogen (secondary N) is 1. The van der Waals surface area contributed by atoms with Gasteiger partial charge in [0.25, 0.3) is 0 Å². The predicted octanol–water partition coefficient (Wildman–Crippen LogP) is 0.0385. The van der Waals surface area contributed by atoms with Gasteiger partial charge >= 0.3 is 19.5 Å². The van der Waals surface area contributed by atoms with E-state index in [1.165, 1.54) is 14.0 Å². The van der Waals surface area contributed by atoms with E-state index in [0.29, 0.717) is 0 Å². The third kappa shape index (κ3) is 10.7. The van der Waals surface area contributed by atoms with E-state index in [-0.39, 0.29) is 25.4 Å². The summed E-state index contributed by atoms with van der Waals surface area (Å²) in [6, 6.07) is 0. The molecule has 1 amide bonds. The Labute approximate surface area is 55.6 Å². The molecule has 4 heteroatoms.